The highest BCUT2D eigenvalue weighted by molar-refractivity contribution is 9.10. The fourth-order valence-electron chi connectivity index (χ4n) is 2.34. The zero-order chi connectivity index (χ0) is 11.9. The quantitative estimate of drug-likeness (QED) is 0.896. The maximum Gasteiger partial charge on any atom is 0.133 e. The average molecular weight is 284 g/mol. The van der Waals surface area contributed by atoms with Crippen LogP contribution in [0, 0.1) is 0 Å². The molecule has 1 aromatic rings. The van der Waals surface area contributed by atoms with Gasteiger partial charge in [0, 0.05) is 17.0 Å². The van der Waals surface area contributed by atoms with E-state index in [1.807, 2.05) is 13.0 Å². The second-order valence-electron chi connectivity index (χ2n) is 4.77. The molecule has 3 N–H and O–H groups in total. The number of phenols is 1. The molecule has 2 rings (SSSR count). The van der Waals surface area contributed by atoms with E-state index in [4.69, 9.17) is 5.73 Å². The Hall–Kier alpha value is -0.540. The van der Waals surface area contributed by atoms with Crippen molar-refractivity contribution in [1.29, 1.82) is 0 Å². The zero-order valence-corrected chi connectivity index (χ0v) is 11.3. The molecule has 1 aliphatic rings. The topological polar surface area (TPSA) is 46.2 Å². The first-order valence-electron chi connectivity index (χ1n) is 5.78. The molecule has 0 bridgehead atoms. The van der Waals surface area contributed by atoms with Gasteiger partial charge in [-0.2, -0.15) is 0 Å². The van der Waals surface area contributed by atoms with E-state index >= 15 is 0 Å². The van der Waals surface area contributed by atoms with Crippen LogP contribution in [0.5, 0.6) is 5.75 Å². The maximum atomic E-state index is 10.1. The Morgan fingerprint density at radius 1 is 1.50 bits per heavy atom. The Balaban J connectivity index is 2.52. The van der Waals surface area contributed by atoms with Crippen molar-refractivity contribution in [3.05, 3.63) is 27.7 Å². The second kappa shape index (κ2) is 4.04. The standard InChI is InChI=1S/C13H18BrNO/c1-3-9-6-10(12(16)11(14)7-9)13(4-5-13)8(2)15/h6-8,16H,3-5,15H2,1-2H3. The maximum absolute atomic E-state index is 10.1. The molecule has 3 heteroatoms. The summed E-state index contributed by atoms with van der Waals surface area (Å²) in [6.07, 6.45) is 3.14. The van der Waals surface area contributed by atoms with E-state index in [1.165, 1.54) is 5.56 Å². The third-order valence-corrected chi connectivity index (χ3v) is 4.33. The smallest absolute Gasteiger partial charge is 0.133 e. The fraction of sp³-hybridized carbons (Fsp3) is 0.538. The monoisotopic (exact) mass is 283 g/mol. The van der Waals surface area contributed by atoms with E-state index < -0.39 is 0 Å². The van der Waals surface area contributed by atoms with Gasteiger partial charge < -0.3 is 10.8 Å². The number of aryl methyl sites for hydroxylation is 1. The molecule has 0 saturated heterocycles. The van der Waals surface area contributed by atoms with Gasteiger partial charge in [0.1, 0.15) is 5.75 Å². The minimum Gasteiger partial charge on any atom is -0.506 e. The van der Waals surface area contributed by atoms with Crippen LogP contribution in [-0.4, -0.2) is 11.1 Å². The predicted molar refractivity (Wildman–Crippen MR) is 69.7 cm³/mol. The molecule has 2 nitrogen and oxygen atoms in total. The summed E-state index contributed by atoms with van der Waals surface area (Å²) in [5, 5.41) is 10.1. The average Bonchev–Trinajstić information content (AvgIpc) is 3.02. The Morgan fingerprint density at radius 3 is 2.56 bits per heavy atom. The summed E-state index contributed by atoms with van der Waals surface area (Å²) >= 11 is 3.42. The van der Waals surface area contributed by atoms with Gasteiger partial charge in [-0.15, -0.1) is 0 Å². The van der Waals surface area contributed by atoms with E-state index in [0.29, 0.717) is 5.75 Å². The van der Waals surface area contributed by atoms with E-state index in [-0.39, 0.29) is 11.5 Å². The third kappa shape index (κ3) is 1.76. The molecule has 1 aromatic carbocycles. The number of nitrogens with two attached hydrogens (primary N) is 1. The molecule has 1 fully saturated rings. The lowest BCUT2D eigenvalue weighted by Crippen LogP contribution is -2.31. The molecule has 0 radical (unpaired) electrons. The molecule has 1 saturated carbocycles. The van der Waals surface area contributed by atoms with Crippen LogP contribution in [-0.2, 0) is 11.8 Å². The summed E-state index contributed by atoms with van der Waals surface area (Å²) in [7, 11) is 0. The second-order valence-corrected chi connectivity index (χ2v) is 5.63. The molecular weight excluding hydrogens is 266 g/mol. The molecule has 0 aliphatic heterocycles. The van der Waals surface area contributed by atoms with Gasteiger partial charge in [-0.3, -0.25) is 0 Å². The summed E-state index contributed by atoms with van der Waals surface area (Å²) in [6.45, 7) is 4.15. The van der Waals surface area contributed by atoms with Crippen LogP contribution in [0.25, 0.3) is 0 Å². The highest BCUT2D eigenvalue weighted by atomic mass is 79.9. The van der Waals surface area contributed by atoms with Crippen molar-refractivity contribution in [2.75, 3.05) is 0 Å². The molecular formula is C13H18BrNO. The van der Waals surface area contributed by atoms with Crippen molar-refractivity contribution < 1.29 is 5.11 Å². The van der Waals surface area contributed by atoms with Crippen molar-refractivity contribution >= 4 is 15.9 Å². The molecule has 0 spiro atoms. The number of benzene rings is 1. The van der Waals surface area contributed by atoms with Crippen molar-refractivity contribution in [2.45, 2.75) is 44.6 Å². The van der Waals surface area contributed by atoms with Gasteiger partial charge in [0.15, 0.2) is 0 Å². The Labute approximate surface area is 105 Å². The van der Waals surface area contributed by atoms with Crippen molar-refractivity contribution in [2.24, 2.45) is 5.73 Å². The lowest BCUT2D eigenvalue weighted by molar-refractivity contribution is 0.443. The van der Waals surface area contributed by atoms with Crippen LogP contribution in [0.3, 0.4) is 0 Å². The van der Waals surface area contributed by atoms with Gasteiger partial charge >= 0.3 is 0 Å². The van der Waals surface area contributed by atoms with Gasteiger partial charge in [-0.1, -0.05) is 13.0 Å². The summed E-state index contributed by atoms with van der Waals surface area (Å²) in [6, 6.07) is 4.18. The van der Waals surface area contributed by atoms with Crippen LogP contribution in [0.1, 0.15) is 37.8 Å². The van der Waals surface area contributed by atoms with Crippen molar-refractivity contribution in [3.63, 3.8) is 0 Å². The lowest BCUT2D eigenvalue weighted by Gasteiger charge is -2.22. The molecule has 1 aliphatic carbocycles. The van der Waals surface area contributed by atoms with Gasteiger partial charge in [-0.05, 0) is 53.7 Å². The van der Waals surface area contributed by atoms with Crippen LogP contribution >= 0.6 is 15.9 Å². The summed E-state index contributed by atoms with van der Waals surface area (Å²) in [5.74, 6) is 0.368. The Morgan fingerprint density at radius 2 is 2.12 bits per heavy atom. The highest BCUT2D eigenvalue weighted by Gasteiger charge is 2.49. The normalized spacial score (nSPS) is 19.5. The number of phenolic OH excluding ortho intramolecular Hbond substituents is 1. The SMILES string of the molecule is CCc1cc(Br)c(O)c(C2(C(C)N)CC2)c1. The first-order valence-corrected chi connectivity index (χ1v) is 6.58. The molecule has 0 amide bonds. The van der Waals surface area contributed by atoms with Crippen LogP contribution in [0.15, 0.2) is 16.6 Å². The first kappa shape index (κ1) is 11.9. The molecule has 1 atom stereocenters. The van der Waals surface area contributed by atoms with E-state index in [2.05, 4.69) is 28.9 Å². The fourth-order valence-corrected chi connectivity index (χ4v) is 2.85. The van der Waals surface area contributed by atoms with Gasteiger partial charge in [0.05, 0.1) is 4.47 Å². The number of hydrogen-bond acceptors (Lipinski definition) is 2. The van der Waals surface area contributed by atoms with Crippen LogP contribution < -0.4 is 5.73 Å². The summed E-state index contributed by atoms with van der Waals surface area (Å²) < 4.78 is 0.786. The number of halogens is 1. The van der Waals surface area contributed by atoms with E-state index in [0.717, 1.165) is 29.3 Å². The molecule has 0 aromatic heterocycles. The number of rotatable bonds is 3. The summed E-state index contributed by atoms with van der Waals surface area (Å²) in [4.78, 5) is 0. The largest absolute Gasteiger partial charge is 0.506 e. The molecule has 0 heterocycles. The van der Waals surface area contributed by atoms with Gasteiger partial charge in [-0.25, -0.2) is 0 Å². The summed E-state index contributed by atoms with van der Waals surface area (Å²) in [5.41, 5.74) is 8.32. The number of hydrogen-bond donors (Lipinski definition) is 2. The predicted octanol–water partition coefficient (Wildman–Crippen LogP) is 3.10. The molecule has 16 heavy (non-hydrogen) atoms. The molecule has 88 valence electrons. The minimum atomic E-state index is 0.0117. The zero-order valence-electron chi connectivity index (χ0n) is 9.76. The Kier molecular flexibility index (Phi) is 3.01. The lowest BCUT2D eigenvalue weighted by atomic mass is 9.87. The Bertz CT molecular complexity index is 411. The van der Waals surface area contributed by atoms with Crippen LogP contribution in [0.2, 0.25) is 0 Å². The first-order chi connectivity index (χ1) is 7.51. The van der Waals surface area contributed by atoms with Gasteiger partial charge in [0.25, 0.3) is 0 Å². The highest BCUT2D eigenvalue weighted by Crippen LogP contribution is 2.54. The minimum absolute atomic E-state index is 0.0117. The molecule has 1 unspecified atom stereocenters. The van der Waals surface area contributed by atoms with Crippen molar-refractivity contribution in [3.8, 4) is 5.75 Å². The van der Waals surface area contributed by atoms with Crippen LogP contribution in [0.4, 0.5) is 0 Å². The number of aromatic hydroxyl groups is 1. The van der Waals surface area contributed by atoms with E-state index in [1.54, 1.807) is 0 Å². The third-order valence-electron chi connectivity index (χ3n) is 3.73. The van der Waals surface area contributed by atoms with Gasteiger partial charge in [0.2, 0.25) is 0 Å². The van der Waals surface area contributed by atoms with Crippen molar-refractivity contribution in [1.82, 2.24) is 0 Å². The van der Waals surface area contributed by atoms with E-state index in [9.17, 15) is 5.11 Å².